The van der Waals surface area contributed by atoms with Crippen LogP contribution >= 0.6 is 0 Å². The Hall–Kier alpha value is -3.68. The van der Waals surface area contributed by atoms with E-state index in [-0.39, 0.29) is 11.7 Å². The van der Waals surface area contributed by atoms with Gasteiger partial charge in [-0.25, -0.2) is 0 Å². The van der Waals surface area contributed by atoms with E-state index in [9.17, 15) is 10.1 Å². The molecule has 0 aliphatic rings. The van der Waals surface area contributed by atoms with Crippen molar-refractivity contribution in [2.45, 2.75) is 6.61 Å². The third-order valence-electron chi connectivity index (χ3n) is 3.29. The van der Waals surface area contributed by atoms with Gasteiger partial charge >= 0.3 is 6.01 Å². The Labute approximate surface area is 142 Å². The van der Waals surface area contributed by atoms with Gasteiger partial charge in [-0.2, -0.15) is 0 Å². The summed E-state index contributed by atoms with van der Waals surface area (Å²) in [6, 6.07) is 13.7. The maximum Gasteiger partial charge on any atom is 0.313 e. The molecule has 0 bridgehead atoms. The Kier molecular flexibility index (Phi) is 4.70. The maximum absolute atomic E-state index is 10.6. The van der Waals surface area contributed by atoms with E-state index in [1.807, 2.05) is 24.3 Å². The van der Waals surface area contributed by atoms with E-state index in [1.165, 1.54) is 12.1 Å². The monoisotopic (exact) mass is 338 g/mol. The summed E-state index contributed by atoms with van der Waals surface area (Å²) in [4.78, 5) is 10.2. The van der Waals surface area contributed by atoms with Gasteiger partial charge in [0.1, 0.15) is 12.4 Å². The second kappa shape index (κ2) is 7.26. The van der Waals surface area contributed by atoms with Crippen molar-refractivity contribution < 1.29 is 14.1 Å². The number of rotatable bonds is 6. The first-order valence-electron chi connectivity index (χ1n) is 7.33. The minimum absolute atomic E-state index is 0.0137. The van der Waals surface area contributed by atoms with Gasteiger partial charge in [0.2, 0.25) is 5.89 Å². The fraction of sp³-hybridized carbons (Fsp3) is 0.0588. The van der Waals surface area contributed by atoms with Crippen molar-refractivity contribution in [1.82, 2.24) is 10.2 Å². The molecule has 2 aromatic carbocycles. The summed E-state index contributed by atoms with van der Waals surface area (Å²) < 4.78 is 10.8. The Morgan fingerprint density at radius 3 is 2.64 bits per heavy atom. The number of nitro groups is 1. The molecule has 0 fully saturated rings. The Balaban J connectivity index is 1.63. The number of benzene rings is 2. The van der Waals surface area contributed by atoms with E-state index in [4.69, 9.17) is 14.9 Å². The molecular formula is C17H14N4O4. The highest BCUT2D eigenvalue weighted by Crippen LogP contribution is 2.18. The molecule has 0 saturated heterocycles. The van der Waals surface area contributed by atoms with Crippen molar-refractivity contribution in [2.75, 3.05) is 5.73 Å². The SMILES string of the molecule is Nc1nnc(/C=C/c2cccc(OCc3ccc([N+](=O)[O-])cc3)c2)o1. The number of anilines is 1. The molecule has 2 N–H and O–H groups in total. The Bertz CT molecular complexity index is 903. The van der Waals surface area contributed by atoms with Crippen molar-refractivity contribution in [3.8, 4) is 5.75 Å². The average Bonchev–Trinajstić information content (AvgIpc) is 3.04. The zero-order valence-electron chi connectivity index (χ0n) is 13.0. The Morgan fingerprint density at radius 2 is 1.96 bits per heavy atom. The molecule has 3 rings (SSSR count). The molecule has 0 unspecified atom stereocenters. The highest BCUT2D eigenvalue weighted by molar-refractivity contribution is 5.66. The number of non-ortho nitro benzene ring substituents is 1. The number of nitrogens with two attached hydrogens (primary N) is 1. The summed E-state index contributed by atoms with van der Waals surface area (Å²) in [6.07, 6.45) is 3.45. The van der Waals surface area contributed by atoms with E-state index in [0.717, 1.165) is 11.1 Å². The van der Waals surface area contributed by atoms with Crippen LogP contribution in [0.15, 0.2) is 52.9 Å². The molecule has 1 heterocycles. The van der Waals surface area contributed by atoms with Gasteiger partial charge in [0, 0.05) is 18.2 Å². The highest BCUT2D eigenvalue weighted by atomic mass is 16.6. The minimum atomic E-state index is -0.433. The summed E-state index contributed by atoms with van der Waals surface area (Å²) >= 11 is 0. The van der Waals surface area contributed by atoms with Gasteiger partial charge in [-0.1, -0.05) is 17.2 Å². The first-order valence-corrected chi connectivity index (χ1v) is 7.33. The maximum atomic E-state index is 10.6. The molecule has 1 aromatic heterocycles. The summed E-state index contributed by atoms with van der Waals surface area (Å²) in [5.74, 6) is 0.986. The molecule has 0 aliphatic carbocycles. The highest BCUT2D eigenvalue weighted by Gasteiger charge is 2.04. The van der Waals surface area contributed by atoms with Crippen LogP contribution in [0, 0.1) is 10.1 Å². The number of hydrogen-bond donors (Lipinski definition) is 1. The van der Waals surface area contributed by atoms with E-state index in [2.05, 4.69) is 10.2 Å². The summed E-state index contributed by atoms with van der Waals surface area (Å²) in [6.45, 7) is 0.311. The topological polar surface area (TPSA) is 117 Å². The van der Waals surface area contributed by atoms with Crippen molar-refractivity contribution in [2.24, 2.45) is 0 Å². The van der Waals surface area contributed by atoms with Gasteiger partial charge < -0.3 is 14.9 Å². The predicted molar refractivity (Wildman–Crippen MR) is 91.5 cm³/mol. The van der Waals surface area contributed by atoms with E-state index < -0.39 is 4.92 Å². The quantitative estimate of drug-likeness (QED) is 0.541. The smallest absolute Gasteiger partial charge is 0.313 e. The van der Waals surface area contributed by atoms with Gasteiger partial charge in [0.05, 0.1) is 4.92 Å². The van der Waals surface area contributed by atoms with E-state index >= 15 is 0 Å². The summed E-state index contributed by atoms with van der Waals surface area (Å²) in [5.41, 5.74) is 7.14. The van der Waals surface area contributed by atoms with Crippen LogP contribution in [0.5, 0.6) is 5.75 Å². The molecule has 0 aliphatic heterocycles. The number of aromatic nitrogens is 2. The fourth-order valence-corrected chi connectivity index (χ4v) is 2.07. The second-order valence-electron chi connectivity index (χ2n) is 5.10. The van der Waals surface area contributed by atoms with Crippen molar-refractivity contribution in [3.63, 3.8) is 0 Å². The van der Waals surface area contributed by atoms with Crippen LogP contribution < -0.4 is 10.5 Å². The van der Waals surface area contributed by atoms with Gasteiger partial charge in [0.25, 0.3) is 5.69 Å². The average molecular weight is 338 g/mol. The standard InChI is InChI=1S/C17H14N4O4/c18-17-20-19-16(25-17)9-6-12-2-1-3-15(10-12)24-11-13-4-7-14(8-5-13)21(22)23/h1-10H,11H2,(H2,18,20)/b9-6+. The normalized spacial score (nSPS) is 10.9. The van der Waals surface area contributed by atoms with Crippen LogP contribution in [0.3, 0.4) is 0 Å². The largest absolute Gasteiger partial charge is 0.489 e. The fourth-order valence-electron chi connectivity index (χ4n) is 2.07. The molecule has 126 valence electrons. The molecule has 0 spiro atoms. The third-order valence-corrected chi connectivity index (χ3v) is 3.29. The van der Waals surface area contributed by atoms with Crippen LogP contribution in [0.25, 0.3) is 12.2 Å². The van der Waals surface area contributed by atoms with Crippen LogP contribution in [0.4, 0.5) is 11.7 Å². The molecule has 8 heteroatoms. The second-order valence-corrected chi connectivity index (χ2v) is 5.10. The number of ether oxygens (including phenoxy) is 1. The molecule has 3 aromatic rings. The first kappa shape index (κ1) is 16.2. The van der Waals surface area contributed by atoms with Crippen molar-refractivity contribution >= 4 is 23.9 Å². The lowest BCUT2D eigenvalue weighted by Gasteiger charge is -2.07. The summed E-state index contributed by atoms with van der Waals surface area (Å²) in [5, 5.41) is 18.0. The number of nitrogens with zero attached hydrogens (tertiary/aromatic N) is 3. The number of hydrogen-bond acceptors (Lipinski definition) is 7. The first-order chi connectivity index (χ1) is 12.1. The zero-order chi connectivity index (χ0) is 17.6. The van der Waals surface area contributed by atoms with Gasteiger partial charge in [0.15, 0.2) is 0 Å². The molecule has 0 amide bonds. The van der Waals surface area contributed by atoms with Crippen LogP contribution in [-0.2, 0) is 6.61 Å². The lowest BCUT2D eigenvalue weighted by Crippen LogP contribution is -1.96. The van der Waals surface area contributed by atoms with Crippen LogP contribution in [-0.4, -0.2) is 15.1 Å². The van der Waals surface area contributed by atoms with E-state index in [1.54, 1.807) is 24.3 Å². The Morgan fingerprint density at radius 1 is 1.16 bits per heavy atom. The molecule has 25 heavy (non-hydrogen) atoms. The molecular weight excluding hydrogens is 324 g/mol. The van der Waals surface area contributed by atoms with Crippen molar-refractivity contribution in [3.05, 3.63) is 75.7 Å². The zero-order valence-corrected chi connectivity index (χ0v) is 13.0. The summed E-state index contributed by atoms with van der Waals surface area (Å²) in [7, 11) is 0. The van der Waals surface area contributed by atoms with Gasteiger partial charge in [-0.3, -0.25) is 10.1 Å². The third kappa shape index (κ3) is 4.41. The van der Waals surface area contributed by atoms with Crippen LogP contribution in [0.1, 0.15) is 17.0 Å². The molecule has 0 atom stereocenters. The minimum Gasteiger partial charge on any atom is -0.489 e. The van der Waals surface area contributed by atoms with Crippen molar-refractivity contribution in [1.29, 1.82) is 0 Å². The van der Waals surface area contributed by atoms with Gasteiger partial charge in [-0.15, -0.1) is 5.10 Å². The lowest BCUT2D eigenvalue weighted by molar-refractivity contribution is -0.384. The van der Waals surface area contributed by atoms with Gasteiger partial charge in [-0.05, 0) is 41.5 Å². The van der Waals surface area contributed by atoms with Crippen LogP contribution in [0.2, 0.25) is 0 Å². The van der Waals surface area contributed by atoms with E-state index in [0.29, 0.717) is 18.2 Å². The predicted octanol–water partition coefficient (Wildman–Crippen LogP) is 3.31. The molecule has 0 saturated carbocycles. The number of nitro benzene ring substituents is 1. The molecule has 8 nitrogen and oxygen atoms in total. The lowest BCUT2D eigenvalue weighted by atomic mass is 10.2. The molecule has 0 radical (unpaired) electrons. The number of nitrogen functional groups attached to an aromatic ring is 1.